The fourth-order valence-electron chi connectivity index (χ4n) is 2.99. The first kappa shape index (κ1) is 20.9. The van der Waals surface area contributed by atoms with E-state index in [4.69, 9.17) is 9.15 Å². The highest BCUT2D eigenvalue weighted by Gasteiger charge is 2.26. The Morgan fingerprint density at radius 1 is 1.17 bits per heavy atom. The smallest absolute Gasteiger partial charge is 0.343 e. The molecule has 0 aliphatic heterocycles. The minimum absolute atomic E-state index is 0.0124. The molecule has 3 aromatic rings. The van der Waals surface area contributed by atoms with Gasteiger partial charge in [-0.05, 0) is 42.2 Å². The number of furan rings is 1. The van der Waals surface area contributed by atoms with Crippen LogP contribution in [0.1, 0.15) is 48.0 Å². The molecule has 1 aromatic carbocycles. The molecule has 0 atom stereocenters. The second kappa shape index (κ2) is 8.29. The number of rotatable bonds is 5. The summed E-state index contributed by atoms with van der Waals surface area (Å²) in [5, 5.41) is 12.2. The molecule has 30 heavy (non-hydrogen) atoms. The maximum Gasteiger partial charge on any atom is 0.343 e. The third-order valence-electron chi connectivity index (χ3n) is 4.59. The lowest BCUT2D eigenvalue weighted by Gasteiger charge is -2.19. The normalized spacial score (nSPS) is 11.0. The van der Waals surface area contributed by atoms with Crippen molar-refractivity contribution in [3.63, 3.8) is 0 Å². The summed E-state index contributed by atoms with van der Waals surface area (Å²) in [5.41, 5.74) is 1.84. The van der Waals surface area contributed by atoms with E-state index in [9.17, 15) is 14.9 Å². The maximum atomic E-state index is 12.5. The lowest BCUT2D eigenvalue weighted by molar-refractivity contribution is -0.119. The van der Waals surface area contributed by atoms with Gasteiger partial charge >= 0.3 is 5.97 Å². The molecule has 1 amide bonds. The minimum atomic E-state index is -0.788. The van der Waals surface area contributed by atoms with Crippen molar-refractivity contribution in [1.82, 2.24) is 4.57 Å². The van der Waals surface area contributed by atoms with Gasteiger partial charge in [0.05, 0.1) is 0 Å². The van der Waals surface area contributed by atoms with E-state index >= 15 is 0 Å². The van der Waals surface area contributed by atoms with Crippen molar-refractivity contribution in [3.8, 4) is 12.0 Å². The average Bonchev–Trinajstić information content (AvgIpc) is 3.33. The number of esters is 1. The molecular formula is C23H23N3O4. The van der Waals surface area contributed by atoms with Crippen molar-refractivity contribution in [1.29, 1.82) is 5.26 Å². The number of nitrogens with one attached hydrogen (secondary N) is 1. The summed E-state index contributed by atoms with van der Waals surface area (Å²) in [6, 6.07) is 13.0. The van der Waals surface area contributed by atoms with Gasteiger partial charge in [0, 0.05) is 18.1 Å². The number of nitriles is 1. The van der Waals surface area contributed by atoms with Crippen LogP contribution in [0.4, 0.5) is 5.69 Å². The zero-order valence-corrected chi connectivity index (χ0v) is 17.4. The fourth-order valence-corrected chi connectivity index (χ4v) is 2.99. The van der Waals surface area contributed by atoms with Gasteiger partial charge in [0.2, 0.25) is 5.88 Å². The van der Waals surface area contributed by atoms with Gasteiger partial charge in [0.15, 0.2) is 6.61 Å². The summed E-state index contributed by atoms with van der Waals surface area (Å²) in [6.45, 7) is 7.41. The number of carbonyl (C=O) groups excluding carboxylic acids is 2. The van der Waals surface area contributed by atoms with Crippen LogP contribution in [-0.2, 0) is 14.9 Å². The molecule has 0 aliphatic carbocycles. The standard InChI is InChI=1S/C23H23N3O4/c1-15-20(18(13-24)21(30-15)26-11-5-6-12-26)22(28)29-14-19(27)25-17-9-7-16(8-10-17)23(2,3)4/h5-12H,14H2,1-4H3,(H,25,27). The number of amides is 1. The molecule has 0 aliphatic rings. The van der Waals surface area contributed by atoms with Crippen LogP contribution in [0.15, 0.2) is 53.2 Å². The Morgan fingerprint density at radius 3 is 2.37 bits per heavy atom. The van der Waals surface area contributed by atoms with Gasteiger partial charge in [-0.3, -0.25) is 9.36 Å². The summed E-state index contributed by atoms with van der Waals surface area (Å²) < 4.78 is 12.3. The van der Waals surface area contributed by atoms with Gasteiger partial charge in [-0.2, -0.15) is 5.26 Å². The van der Waals surface area contributed by atoms with Crippen LogP contribution in [0, 0.1) is 18.3 Å². The predicted octanol–water partition coefficient (Wildman–Crippen LogP) is 4.34. The van der Waals surface area contributed by atoms with E-state index in [-0.39, 0.29) is 28.2 Å². The molecule has 0 saturated heterocycles. The number of aryl methyl sites for hydroxylation is 1. The van der Waals surface area contributed by atoms with Gasteiger partial charge < -0.3 is 14.5 Å². The van der Waals surface area contributed by atoms with Crippen LogP contribution >= 0.6 is 0 Å². The Morgan fingerprint density at radius 2 is 1.80 bits per heavy atom. The molecule has 0 saturated carbocycles. The van der Waals surface area contributed by atoms with Crippen LogP contribution < -0.4 is 5.32 Å². The zero-order chi connectivity index (χ0) is 21.9. The molecule has 0 radical (unpaired) electrons. The molecule has 7 nitrogen and oxygen atoms in total. The van der Waals surface area contributed by atoms with Crippen molar-refractivity contribution >= 4 is 17.6 Å². The van der Waals surface area contributed by atoms with Crippen molar-refractivity contribution in [3.05, 3.63) is 71.2 Å². The number of benzene rings is 1. The van der Waals surface area contributed by atoms with Gasteiger partial charge in [-0.15, -0.1) is 0 Å². The first-order valence-corrected chi connectivity index (χ1v) is 9.45. The molecule has 2 aromatic heterocycles. The third-order valence-corrected chi connectivity index (χ3v) is 4.59. The Kier molecular flexibility index (Phi) is 5.79. The van der Waals surface area contributed by atoms with Crippen LogP contribution in [0.25, 0.3) is 5.88 Å². The van der Waals surface area contributed by atoms with Crippen LogP contribution in [0.5, 0.6) is 0 Å². The molecular weight excluding hydrogens is 382 g/mol. The molecule has 0 unspecified atom stereocenters. The molecule has 3 rings (SSSR count). The van der Waals surface area contributed by atoms with E-state index in [1.807, 2.05) is 18.2 Å². The monoisotopic (exact) mass is 405 g/mol. The summed E-state index contributed by atoms with van der Waals surface area (Å²) in [4.78, 5) is 24.7. The molecule has 0 fully saturated rings. The first-order valence-electron chi connectivity index (χ1n) is 9.45. The van der Waals surface area contributed by atoms with Gasteiger partial charge in [-0.1, -0.05) is 32.9 Å². The van der Waals surface area contributed by atoms with Crippen molar-refractivity contribution < 1.29 is 18.7 Å². The van der Waals surface area contributed by atoms with E-state index < -0.39 is 18.5 Å². The highest BCUT2D eigenvalue weighted by molar-refractivity contribution is 5.97. The second-order valence-electron chi connectivity index (χ2n) is 7.87. The SMILES string of the molecule is Cc1oc(-n2cccc2)c(C#N)c1C(=O)OCC(=O)Nc1ccc(C(C)(C)C)cc1. The molecule has 0 bridgehead atoms. The molecule has 2 heterocycles. The van der Waals surface area contributed by atoms with Crippen LogP contribution in [0.3, 0.4) is 0 Å². The lowest BCUT2D eigenvalue weighted by atomic mass is 9.87. The van der Waals surface area contributed by atoms with Gasteiger partial charge in [-0.25, -0.2) is 4.79 Å². The van der Waals surface area contributed by atoms with E-state index in [2.05, 4.69) is 26.1 Å². The van der Waals surface area contributed by atoms with Crippen molar-refractivity contribution in [2.75, 3.05) is 11.9 Å². The predicted molar refractivity (Wildman–Crippen MR) is 112 cm³/mol. The molecule has 154 valence electrons. The Labute approximate surface area is 174 Å². The van der Waals surface area contributed by atoms with Crippen LogP contribution in [-0.4, -0.2) is 23.1 Å². The quantitative estimate of drug-likeness (QED) is 0.637. The number of carbonyl (C=O) groups is 2. The maximum absolute atomic E-state index is 12.5. The molecule has 7 heteroatoms. The number of hydrogen-bond acceptors (Lipinski definition) is 5. The topological polar surface area (TPSA) is 97.3 Å². The van der Waals surface area contributed by atoms with E-state index in [1.54, 1.807) is 48.1 Å². The number of nitrogens with zero attached hydrogens (tertiary/aromatic N) is 2. The number of aromatic nitrogens is 1. The number of ether oxygens (including phenoxy) is 1. The summed E-state index contributed by atoms with van der Waals surface area (Å²) >= 11 is 0. The summed E-state index contributed by atoms with van der Waals surface area (Å²) in [7, 11) is 0. The molecule has 0 spiro atoms. The first-order chi connectivity index (χ1) is 14.2. The second-order valence-corrected chi connectivity index (χ2v) is 7.87. The Bertz CT molecular complexity index is 1100. The third kappa shape index (κ3) is 4.44. The highest BCUT2D eigenvalue weighted by Crippen LogP contribution is 2.26. The lowest BCUT2D eigenvalue weighted by Crippen LogP contribution is -2.21. The fraction of sp³-hybridized carbons (Fsp3) is 0.261. The van der Waals surface area contributed by atoms with E-state index in [0.717, 1.165) is 5.56 Å². The molecule has 1 N–H and O–H groups in total. The van der Waals surface area contributed by atoms with Crippen molar-refractivity contribution in [2.24, 2.45) is 0 Å². The average molecular weight is 405 g/mol. The zero-order valence-electron chi connectivity index (χ0n) is 17.4. The van der Waals surface area contributed by atoms with Gasteiger partial charge in [0.25, 0.3) is 5.91 Å². The number of hydrogen-bond donors (Lipinski definition) is 1. The highest BCUT2D eigenvalue weighted by atomic mass is 16.5. The van der Waals surface area contributed by atoms with Crippen LogP contribution in [0.2, 0.25) is 0 Å². The Hall–Kier alpha value is -3.79. The largest absolute Gasteiger partial charge is 0.452 e. The van der Waals surface area contributed by atoms with E-state index in [0.29, 0.717) is 5.69 Å². The van der Waals surface area contributed by atoms with Crippen molar-refractivity contribution in [2.45, 2.75) is 33.1 Å². The summed E-state index contributed by atoms with van der Waals surface area (Å²) in [5.74, 6) is -0.782. The number of anilines is 1. The minimum Gasteiger partial charge on any atom is -0.452 e. The van der Waals surface area contributed by atoms with E-state index in [1.165, 1.54) is 0 Å². The van der Waals surface area contributed by atoms with Gasteiger partial charge in [0.1, 0.15) is 23.0 Å². The summed E-state index contributed by atoms with van der Waals surface area (Å²) in [6.07, 6.45) is 3.40. The Balaban J connectivity index is 1.66.